The second-order valence-corrected chi connectivity index (χ2v) is 4.97. The van der Waals surface area contributed by atoms with E-state index in [2.05, 4.69) is 17.0 Å². The largest absolute Gasteiger partial charge is 0.395 e. The Kier molecular flexibility index (Phi) is 4.74. The third-order valence-electron chi connectivity index (χ3n) is 3.65. The predicted octanol–water partition coefficient (Wildman–Crippen LogP) is 2.30. The summed E-state index contributed by atoms with van der Waals surface area (Å²) in [5.74, 6) is 0. The second-order valence-electron chi connectivity index (χ2n) is 4.97. The minimum absolute atomic E-state index is 0.234. The van der Waals surface area contributed by atoms with Crippen LogP contribution in [0.4, 0.5) is 0 Å². The molecule has 0 aromatic heterocycles. The van der Waals surface area contributed by atoms with Crippen LogP contribution in [0, 0.1) is 11.3 Å². The van der Waals surface area contributed by atoms with Gasteiger partial charge >= 0.3 is 0 Å². The van der Waals surface area contributed by atoms with E-state index in [4.69, 9.17) is 5.26 Å². The summed E-state index contributed by atoms with van der Waals surface area (Å²) in [6, 6.07) is 10.2. The lowest BCUT2D eigenvalue weighted by atomic mass is 10.1. The van der Waals surface area contributed by atoms with E-state index in [0.717, 1.165) is 25.1 Å². The third-order valence-corrected chi connectivity index (χ3v) is 3.65. The third kappa shape index (κ3) is 3.32. The van der Waals surface area contributed by atoms with Crippen LogP contribution in [-0.2, 0) is 6.54 Å². The summed E-state index contributed by atoms with van der Waals surface area (Å²) in [7, 11) is 0. The van der Waals surface area contributed by atoms with Crippen molar-refractivity contribution in [2.75, 3.05) is 13.2 Å². The fraction of sp³-hybridized carbons (Fsp3) is 0.533. The lowest BCUT2D eigenvalue weighted by Gasteiger charge is -2.28. The van der Waals surface area contributed by atoms with E-state index in [1.165, 1.54) is 19.3 Å². The van der Waals surface area contributed by atoms with Crippen molar-refractivity contribution in [2.24, 2.45) is 0 Å². The zero-order chi connectivity index (χ0) is 12.8. The smallest absolute Gasteiger partial charge is 0.0991 e. The molecule has 1 aromatic carbocycles. The minimum atomic E-state index is 0.234. The average molecular weight is 244 g/mol. The fourth-order valence-corrected chi connectivity index (χ4v) is 2.63. The molecule has 0 radical (unpaired) electrons. The summed E-state index contributed by atoms with van der Waals surface area (Å²) in [5, 5.41) is 18.4. The van der Waals surface area contributed by atoms with Gasteiger partial charge in [-0.2, -0.15) is 5.26 Å². The summed E-state index contributed by atoms with van der Waals surface area (Å²) in [5.41, 5.74) is 1.87. The summed E-state index contributed by atoms with van der Waals surface area (Å²) in [4.78, 5) is 2.35. The molecule has 18 heavy (non-hydrogen) atoms. The SMILES string of the molecule is N#Cc1cccc(CN2CCCCC[C@@H]2CO)c1. The Morgan fingerprint density at radius 2 is 2.22 bits per heavy atom. The molecule has 3 heteroatoms. The summed E-state index contributed by atoms with van der Waals surface area (Å²) in [6.45, 7) is 2.11. The number of aliphatic hydroxyl groups is 1. The molecule has 0 aliphatic carbocycles. The number of benzene rings is 1. The van der Waals surface area contributed by atoms with Gasteiger partial charge in [0.25, 0.3) is 0 Å². The molecule has 1 aliphatic heterocycles. The first kappa shape index (κ1) is 13.1. The molecule has 96 valence electrons. The van der Waals surface area contributed by atoms with Crippen LogP contribution in [0.1, 0.15) is 36.8 Å². The van der Waals surface area contributed by atoms with Crippen molar-refractivity contribution in [1.82, 2.24) is 4.90 Å². The average Bonchev–Trinajstić information content (AvgIpc) is 2.64. The maximum atomic E-state index is 9.47. The van der Waals surface area contributed by atoms with Crippen molar-refractivity contribution < 1.29 is 5.11 Å². The van der Waals surface area contributed by atoms with Gasteiger partial charge in [-0.15, -0.1) is 0 Å². The molecular formula is C15H20N2O. The summed E-state index contributed by atoms with van der Waals surface area (Å²) in [6.07, 6.45) is 4.74. The van der Waals surface area contributed by atoms with E-state index in [1.807, 2.05) is 18.2 Å². The Hall–Kier alpha value is -1.37. The highest BCUT2D eigenvalue weighted by Gasteiger charge is 2.20. The van der Waals surface area contributed by atoms with Crippen LogP contribution in [0.15, 0.2) is 24.3 Å². The second kappa shape index (κ2) is 6.53. The van der Waals surface area contributed by atoms with Crippen LogP contribution in [0.3, 0.4) is 0 Å². The maximum absolute atomic E-state index is 9.47. The highest BCUT2D eigenvalue weighted by atomic mass is 16.3. The van der Waals surface area contributed by atoms with Crippen LogP contribution in [-0.4, -0.2) is 29.2 Å². The van der Waals surface area contributed by atoms with Gasteiger partial charge in [-0.1, -0.05) is 25.0 Å². The van der Waals surface area contributed by atoms with E-state index >= 15 is 0 Å². The van der Waals surface area contributed by atoms with Crippen molar-refractivity contribution in [3.05, 3.63) is 35.4 Å². The molecule has 1 fully saturated rings. The number of rotatable bonds is 3. The Morgan fingerprint density at radius 3 is 3.00 bits per heavy atom. The van der Waals surface area contributed by atoms with E-state index in [0.29, 0.717) is 5.56 Å². The monoisotopic (exact) mass is 244 g/mol. The Balaban J connectivity index is 2.07. The zero-order valence-electron chi connectivity index (χ0n) is 10.7. The van der Waals surface area contributed by atoms with Crippen molar-refractivity contribution in [1.29, 1.82) is 5.26 Å². The van der Waals surface area contributed by atoms with Gasteiger partial charge in [0, 0.05) is 12.6 Å². The van der Waals surface area contributed by atoms with Crippen LogP contribution < -0.4 is 0 Å². The van der Waals surface area contributed by atoms with Gasteiger partial charge < -0.3 is 5.11 Å². The topological polar surface area (TPSA) is 47.3 Å². The fourth-order valence-electron chi connectivity index (χ4n) is 2.63. The van der Waals surface area contributed by atoms with Crippen LogP contribution in [0.25, 0.3) is 0 Å². The van der Waals surface area contributed by atoms with Crippen molar-refractivity contribution >= 4 is 0 Å². The number of aliphatic hydroxyl groups excluding tert-OH is 1. The van der Waals surface area contributed by atoms with Crippen molar-refractivity contribution in [3.63, 3.8) is 0 Å². The predicted molar refractivity (Wildman–Crippen MR) is 70.9 cm³/mol. The molecule has 1 atom stereocenters. The number of nitrogens with zero attached hydrogens (tertiary/aromatic N) is 2. The standard InChI is InChI=1S/C15H20N2O/c16-10-13-5-4-6-14(9-13)11-17-8-3-1-2-7-15(17)12-18/h4-6,9,15,18H,1-3,7-8,11-12H2/t15-/m1/s1. The van der Waals surface area contributed by atoms with E-state index in [1.54, 1.807) is 0 Å². The first-order valence-electron chi connectivity index (χ1n) is 6.67. The highest BCUT2D eigenvalue weighted by molar-refractivity contribution is 5.32. The molecule has 0 unspecified atom stereocenters. The van der Waals surface area contributed by atoms with E-state index in [9.17, 15) is 5.11 Å². The lowest BCUT2D eigenvalue weighted by Crippen LogP contribution is -2.36. The van der Waals surface area contributed by atoms with Crippen molar-refractivity contribution in [2.45, 2.75) is 38.3 Å². The van der Waals surface area contributed by atoms with Gasteiger partial charge in [0.05, 0.1) is 18.2 Å². The maximum Gasteiger partial charge on any atom is 0.0991 e. The molecule has 1 aromatic rings. The van der Waals surface area contributed by atoms with Crippen LogP contribution >= 0.6 is 0 Å². The molecule has 0 bridgehead atoms. The molecule has 1 N–H and O–H groups in total. The first-order chi connectivity index (χ1) is 8.83. The minimum Gasteiger partial charge on any atom is -0.395 e. The zero-order valence-corrected chi connectivity index (χ0v) is 10.7. The lowest BCUT2D eigenvalue weighted by molar-refractivity contribution is 0.118. The van der Waals surface area contributed by atoms with E-state index in [-0.39, 0.29) is 12.6 Å². The van der Waals surface area contributed by atoms with Gasteiger partial charge in [-0.3, -0.25) is 4.90 Å². The van der Waals surface area contributed by atoms with Crippen LogP contribution in [0.2, 0.25) is 0 Å². The molecule has 3 nitrogen and oxygen atoms in total. The first-order valence-corrected chi connectivity index (χ1v) is 6.67. The van der Waals surface area contributed by atoms with Crippen molar-refractivity contribution in [3.8, 4) is 6.07 Å². The van der Waals surface area contributed by atoms with Gasteiger partial charge in [-0.25, -0.2) is 0 Å². The Labute approximate surface area is 109 Å². The molecule has 0 amide bonds. The summed E-state index contributed by atoms with van der Waals surface area (Å²) >= 11 is 0. The van der Waals surface area contributed by atoms with E-state index < -0.39 is 0 Å². The van der Waals surface area contributed by atoms with Crippen LogP contribution in [0.5, 0.6) is 0 Å². The number of nitriles is 1. The molecule has 0 spiro atoms. The molecule has 0 saturated carbocycles. The quantitative estimate of drug-likeness (QED) is 0.887. The van der Waals surface area contributed by atoms with Gasteiger partial charge in [-0.05, 0) is 37.1 Å². The number of hydrogen-bond donors (Lipinski definition) is 1. The highest BCUT2D eigenvalue weighted by Crippen LogP contribution is 2.19. The molecule has 1 saturated heterocycles. The van der Waals surface area contributed by atoms with Gasteiger partial charge in [0.15, 0.2) is 0 Å². The molecule has 2 rings (SSSR count). The van der Waals surface area contributed by atoms with Gasteiger partial charge in [0.1, 0.15) is 0 Å². The normalized spacial score (nSPS) is 21.2. The Morgan fingerprint density at radius 1 is 1.33 bits per heavy atom. The molecule has 1 heterocycles. The molecule has 1 aliphatic rings. The number of likely N-dealkylation sites (tertiary alicyclic amines) is 1. The molecular weight excluding hydrogens is 224 g/mol. The number of hydrogen-bond acceptors (Lipinski definition) is 3. The Bertz CT molecular complexity index is 425. The van der Waals surface area contributed by atoms with Gasteiger partial charge in [0.2, 0.25) is 0 Å². The summed E-state index contributed by atoms with van der Waals surface area (Å²) < 4.78 is 0.